The van der Waals surface area contributed by atoms with Crippen LogP contribution in [0.2, 0.25) is 0 Å². The highest BCUT2D eigenvalue weighted by Crippen LogP contribution is 2.18. The van der Waals surface area contributed by atoms with E-state index in [1.54, 1.807) is 0 Å². The maximum atomic E-state index is 5.47. The molecule has 140 valence electrons. The van der Waals surface area contributed by atoms with Gasteiger partial charge in [0.2, 0.25) is 0 Å². The van der Waals surface area contributed by atoms with Crippen LogP contribution in [-0.2, 0) is 11.3 Å². The SMILES string of the molecule is CN=C(NCc1cccc2ccccc12)NCC(C)(C)N1CCOCC1. The Balaban J connectivity index is 1.58. The zero-order chi connectivity index (χ0) is 18.4. The van der Waals surface area contributed by atoms with Crippen molar-refractivity contribution in [3.05, 3.63) is 48.0 Å². The summed E-state index contributed by atoms with van der Waals surface area (Å²) in [6.45, 7) is 9.72. The van der Waals surface area contributed by atoms with Gasteiger partial charge in [0.05, 0.1) is 13.2 Å². The van der Waals surface area contributed by atoms with Crippen molar-refractivity contribution in [3.63, 3.8) is 0 Å². The lowest BCUT2D eigenvalue weighted by Gasteiger charge is -2.41. The van der Waals surface area contributed by atoms with E-state index < -0.39 is 0 Å². The van der Waals surface area contributed by atoms with Gasteiger partial charge in [0.25, 0.3) is 0 Å². The molecule has 0 bridgehead atoms. The quantitative estimate of drug-likeness (QED) is 0.640. The standard InChI is InChI=1S/C21H30N4O/c1-21(2,25-11-13-26-14-12-25)16-24-20(22-3)23-15-18-9-6-8-17-7-4-5-10-19(17)18/h4-10H,11-16H2,1-3H3,(H2,22,23,24). The van der Waals surface area contributed by atoms with Gasteiger partial charge in [-0.05, 0) is 30.2 Å². The molecule has 0 radical (unpaired) electrons. The van der Waals surface area contributed by atoms with Crippen molar-refractivity contribution < 1.29 is 4.74 Å². The summed E-state index contributed by atoms with van der Waals surface area (Å²) in [6.07, 6.45) is 0. The lowest BCUT2D eigenvalue weighted by atomic mass is 10.0. The first-order chi connectivity index (χ1) is 12.6. The average Bonchev–Trinajstić information content (AvgIpc) is 2.69. The topological polar surface area (TPSA) is 48.9 Å². The molecule has 0 aliphatic carbocycles. The number of nitrogens with one attached hydrogen (secondary N) is 2. The average molecular weight is 354 g/mol. The maximum Gasteiger partial charge on any atom is 0.191 e. The van der Waals surface area contributed by atoms with Gasteiger partial charge in [-0.2, -0.15) is 0 Å². The summed E-state index contributed by atoms with van der Waals surface area (Å²) in [5.74, 6) is 0.833. The Bertz CT molecular complexity index is 745. The molecule has 5 heteroatoms. The number of morpholine rings is 1. The van der Waals surface area contributed by atoms with Crippen LogP contribution in [0.4, 0.5) is 0 Å². The number of hydrogen-bond donors (Lipinski definition) is 2. The molecule has 0 amide bonds. The van der Waals surface area contributed by atoms with Crippen molar-refractivity contribution in [1.82, 2.24) is 15.5 Å². The highest BCUT2D eigenvalue weighted by molar-refractivity contribution is 5.86. The van der Waals surface area contributed by atoms with Gasteiger partial charge in [-0.3, -0.25) is 9.89 Å². The molecule has 0 aromatic heterocycles. The van der Waals surface area contributed by atoms with E-state index in [-0.39, 0.29) is 5.54 Å². The molecule has 0 spiro atoms. The molecule has 1 saturated heterocycles. The van der Waals surface area contributed by atoms with Crippen molar-refractivity contribution in [2.24, 2.45) is 4.99 Å². The van der Waals surface area contributed by atoms with E-state index in [1.165, 1.54) is 16.3 Å². The summed E-state index contributed by atoms with van der Waals surface area (Å²) in [5, 5.41) is 9.48. The number of aliphatic imine (C=N–C) groups is 1. The Morgan fingerprint density at radius 3 is 2.58 bits per heavy atom. The summed E-state index contributed by atoms with van der Waals surface area (Å²) in [7, 11) is 1.82. The highest BCUT2D eigenvalue weighted by atomic mass is 16.5. The van der Waals surface area contributed by atoms with Crippen molar-refractivity contribution >= 4 is 16.7 Å². The monoisotopic (exact) mass is 354 g/mol. The fourth-order valence-electron chi connectivity index (χ4n) is 3.43. The predicted molar refractivity (Wildman–Crippen MR) is 109 cm³/mol. The molecule has 1 fully saturated rings. The molecule has 0 saturated carbocycles. The molecule has 0 atom stereocenters. The van der Waals surface area contributed by atoms with Gasteiger partial charge in [0, 0.05) is 38.8 Å². The highest BCUT2D eigenvalue weighted by Gasteiger charge is 2.28. The third-order valence-corrected chi connectivity index (χ3v) is 5.11. The van der Waals surface area contributed by atoms with Crippen LogP contribution in [0.15, 0.2) is 47.5 Å². The van der Waals surface area contributed by atoms with Crippen LogP contribution < -0.4 is 10.6 Å². The van der Waals surface area contributed by atoms with Gasteiger partial charge in [-0.1, -0.05) is 42.5 Å². The normalized spacial score (nSPS) is 16.7. The van der Waals surface area contributed by atoms with Crippen LogP contribution >= 0.6 is 0 Å². The number of guanidine groups is 1. The molecule has 3 rings (SSSR count). The predicted octanol–water partition coefficient (Wildman–Crippen LogP) is 2.62. The third-order valence-electron chi connectivity index (χ3n) is 5.11. The van der Waals surface area contributed by atoms with E-state index in [9.17, 15) is 0 Å². The lowest BCUT2D eigenvalue weighted by Crippen LogP contribution is -2.56. The molecule has 5 nitrogen and oxygen atoms in total. The van der Waals surface area contributed by atoms with Crippen LogP contribution in [-0.4, -0.2) is 56.3 Å². The van der Waals surface area contributed by atoms with E-state index >= 15 is 0 Å². The van der Waals surface area contributed by atoms with Crippen LogP contribution in [0.1, 0.15) is 19.4 Å². The minimum atomic E-state index is 0.0564. The Morgan fingerprint density at radius 2 is 1.81 bits per heavy atom. The summed E-state index contributed by atoms with van der Waals surface area (Å²) in [4.78, 5) is 6.86. The fourth-order valence-corrected chi connectivity index (χ4v) is 3.43. The molecule has 1 heterocycles. The molecule has 26 heavy (non-hydrogen) atoms. The van der Waals surface area contributed by atoms with Crippen LogP contribution in [0.25, 0.3) is 10.8 Å². The summed E-state index contributed by atoms with van der Waals surface area (Å²) < 4.78 is 5.47. The van der Waals surface area contributed by atoms with Gasteiger partial charge in [0.15, 0.2) is 5.96 Å². The second kappa shape index (κ2) is 8.52. The molecular formula is C21H30N4O. The molecular weight excluding hydrogens is 324 g/mol. The largest absolute Gasteiger partial charge is 0.379 e. The second-order valence-corrected chi connectivity index (χ2v) is 7.33. The number of nitrogens with zero attached hydrogens (tertiary/aromatic N) is 2. The van der Waals surface area contributed by atoms with Gasteiger partial charge < -0.3 is 15.4 Å². The van der Waals surface area contributed by atoms with E-state index in [0.717, 1.165) is 45.4 Å². The van der Waals surface area contributed by atoms with Crippen molar-refractivity contribution in [1.29, 1.82) is 0 Å². The van der Waals surface area contributed by atoms with Crippen LogP contribution in [0.3, 0.4) is 0 Å². The zero-order valence-corrected chi connectivity index (χ0v) is 16.1. The lowest BCUT2D eigenvalue weighted by molar-refractivity contribution is -0.00834. The van der Waals surface area contributed by atoms with Crippen LogP contribution in [0.5, 0.6) is 0 Å². The zero-order valence-electron chi connectivity index (χ0n) is 16.1. The van der Waals surface area contributed by atoms with E-state index in [0.29, 0.717) is 0 Å². The van der Waals surface area contributed by atoms with Crippen molar-refractivity contribution in [3.8, 4) is 0 Å². The third kappa shape index (κ3) is 4.54. The Morgan fingerprint density at radius 1 is 1.08 bits per heavy atom. The minimum absolute atomic E-state index is 0.0564. The first-order valence-corrected chi connectivity index (χ1v) is 9.34. The van der Waals surface area contributed by atoms with Crippen LogP contribution in [0, 0.1) is 0 Å². The van der Waals surface area contributed by atoms with Crippen molar-refractivity contribution in [2.75, 3.05) is 39.9 Å². The molecule has 2 aromatic rings. The number of benzene rings is 2. The summed E-state index contributed by atoms with van der Waals surface area (Å²) in [5.41, 5.74) is 1.33. The van der Waals surface area contributed by atoms with Gasteiger partial charge in [0.1, 0.15) is 0 Å². The fraction of sp³-hybridized carbons (Fsp3) is 0.476. The Labute approximate surface area is 156 Å². The second-order valence-electron chi connectivity index (χ2n) is 7.33. The van der Waals surface area contributed by atoms with E-state index in [4.69, 9.17) is 4.74 Å². The number of hydrogen-bond acceptors (Lipinski definition) is 3. The van der Waals surface area contributed by atoms with Gasteiger partial charge >= 0.3 is 0 Å². The molecule has 2 N–H and O–H groups in total. The number of rotatable bonds is 5. The number of fused-ring (bicyclic) bond motifs is 1. The number of ether oxygens (including phenoxy) is 1. The Hall–Kier alpha value is -2.11. The summed E-state index contributed by atoms with van der Waals surface area (Å²) >= 11 is 0. The summed E-state index contributed by atoms with van der Waals surface area (Å²) in [6, 6.07) is 14.9. The minimum Gasteiger partial charge on any atom is -0.379 e. The van der Waals surface area contributed by atoms with E-state index in [2.05, 4.69) is 76.8 Å². The molecule has 1 aliphatic heterocycles. The first-order valence-electron chi connectivity index (χ1n) is 9.34. The maximum absolute atomic E-state index is 5.47. The Kier molecular flexibility index (Phi) is 6.12. The first kappa shape index (κ1) is 18.7. The van der Waals surface area contributed by atoms with Crippen molar-refractivity contribution in [2.45, 2.75) is 25.9 Å². The van der Waals surface area contributed by atoms with Gasteiger partial charge in [-0.25, -0.2) is 0 Å². The molecule has 1 aliphatic rings. The van der Waals surface area contributed by atoms with Gasteiger partial charge in [-0.15, -0.1) is 0 Å². The smallest absolute Gasteiger partial charge is 0.191 e. The van der Waals surface area contributed by atoms with E-state index in [1.807, 2.05) is 7.05 Å². The molecule has 0 unspecified atom stereocenters. The molecule has 2 aromatic carbocycles.